The molecule has 0 atom stereocenters. The van der Waals surface area contributed by atoms with E-state index in [0.29, 0.717) is 11.4 Å². The quantitative estimate of drug-likeness (QED) is 0.307. The first-order valence-corrected chi connectivity index (χ1v) is 12.9. The summed E-state index contributed by atoms with van der Waals surface area (Å²) in [7, 11) is 1.56. The lowest BCUT2D eigenvalue weighted by Crippen LogP contribution is -2.54. The average molecular weight is 517 g/mol. The molecule has 2 aliphatic rings. The summed E-state index contributed by atoms with van der Waals surface area (Å²) >= 11 is 6.98. The Morgan fingerprint density at radius 1 is 1.17 bits per heavy atom. The average Bonchev–Trinajstić information content (AvgIpc) is 3.37. The van der Waals surface area contributed by atoms with Crippen molar-refractivity contribution in [2.75, 3.05) is 12.0 Å². The van der Waals surface area contributed by atoms with Gasteiger partial charge in [-0.1, -0.05) is 0 Å². The minimum Gasteiger partial charge on any atom is -0.497 e. The molecule has 5 rings (SSSR count). The molecular formula is C27H24N4O3S2. The number of nitriles is 1. The number of aromatic nitrogens is 1. The number of nitrogens with zero attached hydrogens (tertiary/aromatic N) is 3. The lowest BCUT2D eigenvalue weighted by molar-refractivity contribution is -0.122. The van der Waals surface area contributed by atoms with Crippen LogP contribution in [0.2, 0.25) is 0 Å². The van der Waals surface area contributed by atoms with Gasteiger partial charge in [-0.05, 0) is 99.3 Å². The van der Waals surface area contributed by atoms with Crippen LogP contribution >= 0.6 is 23.6 Å². The van der Waals surface area contributed by atoms with Gasteiger partial charge < -0.3 is 9.30 Å². The molecule has 2 amide bonds. The summed E-state index contributed by atoms with van der Waals surface area (Å²) in [5, 5.41) is 13.5. The number of hydrogen-bond acceptors (Lipinski definition) is 6. The van der Waals surface area contributed by atoms with Crippen molar-refractivity contribution in [3.05, 3.63) is 68.9 Å². The number of carbonyl (C=O) groups is 2. The van der Waals surface area contributed by atoms with Crippen molar-refractivity contribution in [1.82, 2.24) is 9.88 Å². The van der Waals surface area contributed by atoms with Crippen LogP contribution < -0.4 is 15.0 Å². The van der Waals surface area contributed by atoms with E-state index in [-0.39, 0.29) is 10.7 Å². The van der Waals surface area contributed by atoms with Crippen LogP contribution in [0.25, 0.3) is 11.1 Å². The number of carbonyl (C=O) groups excluding carboxylic acids is 2. The van der Waals surface area contributed by atoms with Crippen molar-refractivity contribution in [2.45, 2.75) is 39.5 Å². The van der Waals surface area contributed by atoms with Gasteiger partial charge in [0.15, 0.2) is 5.11 Å². The third-order valence-electron chi connectivity index (χ3n) is 6.67. The summed E-state index contributed by atoms with van der Waals surface area (Å²) in [5.41, 5.74) is 4.96. The van der Waals surface area contributed by atoms with Gasteiger partial charge in [0, 0.05) is 16.3 Å². The van der Waals surface area contributed by atoms with E-state index in [1.807, 2.05) is 19.9 Å². The smallest absolute Gasteiger partial charge is 0.270 e. The van der Waals surface area contributed by atoms with E-state index in [1.165, 1.54) is 15.3 Å². The van der Waals surface area contributed by atoms with Gasteiger partial charge in [0.2, 0.25) is 0 Å². The predicted octanol–water partition coefficient (Wildman–Crippen LogP) is 4.75. The molecule has 9 heteroatoms. The number of aryl methyl sites for hydroxylation is 2. The topological polar surface area (TPSA) is 87.4 Å². The van der Waals surface area contributed by atoms with Gasteiger partial charge in [0.05, 0.1) is 18.4 Å². The Labute approximate surface area is 218 Å². The zero-order chi connectivity index (χ0) is 25.6. The van der Waals surface area contributed by atoms with Crippen molar-refractivity contribution in [3.63, 3.8) is 0 Å². The molecule has 3 heterocycles. The van der Waals surface area contributed by atoms with Crippen LogP contribution in [0.5, 0.6) is 5.75 Å². The molecule has 1 saturated heterocycles. The van der Waals surface area contributed by atoms with Crippen LogP contribution in [0.4, 0.5) is 5.69 Å². The fourth-order valence-electron chi connectivity index (χ4n) is 4.85. The van der Waals surface area contributed by atoms with Crippen LogP contribution in [0, 0.1) is 25.2 Å². The summed E-state index contributed by atoms with van der Waals surface area (Å²) in [6.07, 6.45) is 5.78. The van der Waals surface area contributed by atoms with Crippen LogP contribution in [-0.4, -0.2) is 28.6 Å². The minimum absolute atomic E-state index is 0.00866. The van der Waals surface area contributed by atoms with Crippen LogP contribution in [-0.2, 0) is 22.4 Å². The Balaban J connectivity index is 1.55. The molecule has 1 aromatic carbocycles. The maximum atomic E-state index is 13.4. The second-order valence-corrected chi connectivity index (χ2v) is 10.3. The number of thiocarbonyl (C=S) groups is 1. The number of amides is 2. The number of benzene rings is 1. The maximum absolute atomic E-state index is 13.4. The SMILES string of the molecule is COc1ccc(N2C(=O)C(=Cc3cc(C)n(-c4sc5c(c4C#N)CCCC5)c3C)C(=O)NC2=S)cc1. The van der Waals surface area contributed by atoms with Gasteiger partial charge in [-0.15, -0.1) is 11.3 Å². The standard InChI is InChI=1S/C27H24N4O3S2/c1-15-12-17(16(2)30(15)26-22(14-28)20-6-4-5-7-23(20)36-26)13-21-24(32)29-27(35)31(25(21)33)18-8-10-19(34-3)11-9-18/h8-13H,4-7H2,1-3H3,(H,29,32,35). The van der Waals surface area contributed by atoms with Gasteiger partial charge >= 0.3 is 0 Å². The highest BCUT2D eigenvalue weighted by Crippen LogP contribution is 2.38. The summed E-state index contributed by atoms with van der Waals surface area (Å²) in [6, 6.07) is 11.2. The Morgan fingerprint density at radius 2 is 1.89 bits per heavy atom. The largest absolute Gasteiger partial charge is 0.497 e. The van der Waals surface area contributed by atoms with Crippen LogP contribution in [0.3, 0.4) is 0 Å². The lowest BCUT2D eigenvalue weighted by Gasteiger charge is -2.29. The van der Waals surface area contributed by atoms with E-state index in [2.05, 4.69) is 16.0 Å². The third kappa shape index (κ3) is 3.92. The van der Waals surface area contributed by atoms with E-state index in [0.717, 1.165) is 53.2 Å². The highest BCUT2D eigenvalue weighted by Gasteiger charge is 2.35. The van der Waals surface area contributed by atoms with Gasteiger partial charge in [0.1, 0.15) is 22.4 Å². The number of anilines is 1. The fraction of sp³-hybridized carbons (Fsp3) is 0.259. The number of nitrogens with one attached hydrogen (secondary N) is 1. The number of rotatable bonds is 4. The molecule has 1 fully saturated rings. The molecule has 0 radical (unpaired) electrons. The molecule has 0 unspecified atom stereocenters. The molecule has 3 aromatic rings. The van der Waals surface area contributed by atoms with Crippen LogP contribution in [0.1, 0.15) is 45.8 Å². The molecule has 0 saturated carbocycles. The predicted molar refractivity (Wildman–Crippen MR) is 144 cm³/mol. The first-order chi connectivity index (χ1) is 17.3. The number of ether oxygens (including phenoxy) is 1. The van der Waals surface area contributed by atoms with E-state index in [1.54, 1.807) is 48.8 Å². The van der Waals surface area contributed by atoms with E-state index in [9.17, 15) is 14.9 Å². The summed E-state index contributed by atoms with van der Waals surface area (Å²) in [6.45, 7) is 3.91. The normalized spacial score (nSPS) is 16.7. The molecule has 7 nitrogen and oxygen atoms in total. The number of hydrogen-bond donors (Lipinski definition) is 1. The van der Waals surface area contributed by atoms with Crippen molar-refractivity contribution in [3.8, 4) is 16.8 Å². The lowest BCUT2D eigenvalue weighted by atomic mass is 9.96. The van der Waals surface area contributed by atoms with E-state index in [4.69, 9.17) is 17.0 Å². The zero-order valence-corrected chi connectivity index (χ0v) is 21.8. The van der Waals surface area contributed by atoms with Crippen molar-refractivity contribution < 1.29 is 14.3 Å². The first-order valence-electron chi connectivity index (χ1n) is 11.6. The number of methoxy groups -OCH3 is 1. The van der Waals surface area contributed by atoms with Gasteiger partial charge in [-0.25, -0.2) is 0 Å². The first kappa shape index (κ1) is 24.0. The highest BCUT2D eigenvalue weighted by molar-refractivity contribution is 7.80. The molecule has 1 aliphatic heterocycles. The Hall–Kier alpha value is -3.74. The summed E-state index contributed by atoms with van der Waals surface area (Å²) < 4.78 is 7.26. The minimum atomic E-state index is -0.538. The maximum Gasteiger partial charge on any atom is 0.270 e. The molecule has 1 aliphatic carbocycles. The summed E-state index contributed by atoms with van der Waals surface area (Å²) in [4.78, 5) is 28.9. The van der Waals surface area contributed by atoms with Gasteiger partial charge in [-0.2, -0.15) is 5.26 Å². The zero-order valence-electron chi connectivity index (χ0n) is 20.2. The Bertz CT molecular complexity index is 1490. The van der Waals surface area contributed by atoms with E-state index < -0.39 is 11.8 Å². The Kier molecular flexibility index (Phi) is 6.24. The van der Waals surface area contributed by atoms with Crippen molar-refractivity contribution >= 4 is 52.2 Å². The second kappa shape index (κ2) is 9.37. The van der Waals surface area contributed by atoms with Gasteiger partial charge in [-0.3, -0.25) is 19.8 Å². The van der Waals surface area contributed by atoms with Crippen molar-refractivity contribution in [2.24, 2.45) is 0 Å². The molecule has 0 spiro atoms. The second-order valence-electron chi connectivity index (χ2n) is 8.82. The molecular weight excluding hydrogens is 492 g/mol. The van der Waals surface area contributed by atoms with Crippen LogP contribution in [0.15, 0.2) is 35.9 Å². The Morgan fingerprint density at radius 3 is 2.58 bits per heavy atom. The van der Waals surface area contributed by atoms with Gasteiger partial charge in [0.25, 0.3) is 11.8 Å². The molecule has 2 aromatic heterocycles. The number of thiophene rings is 1. The monoisotopic (exact) mass is 516 g/mol. The highest BCUT2D eigenvalue weighted by atomic mass is 32.1. The number of fused-ring (bicyclic) bond motifs is 1. The molecule has 0 bridgehead atoms. The van der Waals surface area contributed by atoms with Crippen molar-refractivity contribution in [1.29, 1.82) is 5.26 Å². The molecule has 36 heavy (non-hydrogen) atoms. The molecule has 1 N–H and O–H groups in total. The van der Waals surface area contributed by atoms with E-state index >= 15 is 0 Å². The fourth-order valence-corrected chi connectivity index (χ4v) is 6.58. The molecule has 182 valence electrons. The third-order valence-corrected chi connectivity index (χ3v) is 8.23. The summed E-state index contributed by atoms with van der Waals surface area (Å²) in [5.74, 6) is -0.389.